The number of hydrogen-bond acceptors (Lipinski definition) is 8. The number of nitrogen functional groups attached to an aromatic ring is 1. The molecule has 2 rings (SSSR count). The van der Waals surface area contributed by atoms with Crippen molar-refractivity contribution in [3.63, 3.8) is 0 Å². The summed E-state index contributed by atoms with van der Waals surface area (Å²) >= 11 is 1.58. The molecule has 0 radical (unpaired) electrons. The van der Waals surface area contributed by atoms with Crippen LogP contribution in [-0.4, -0.2) is 72.0 Å². The molecule has 1 aromatic heterocycles. The number of rotatable bonds is 3. The molecule has 3 atom stereocenters. The Kier molecular flexibility index (Phi) is 13.1. The fourth-order valence-electron chi connectivity index (χ4n) is 1.69. The average molecular weight is 373 g/mol. The minimum Gasteiger partial charge on any atom is -0.479 e. The van der Waals surface area contributed by atoms with Crippen molar-refractivity contribution in [3.05, 3.63) is 10.6 Å². The lowest BCUT2D eigenvalue weighted by molar-refractivity contribution is -0.165. The second-order valence-electron chi connectivity index (χ2n) is 4.49. The van der Waals surface area contributed by atoms with Crippen molar-refractivity contribution in [1.82, 2.24) is 4.98 Å². The summed E-state index contributed by atoms with van der Waals surface area (Å²) in [5.41, 5.74) is 12.5. The molecule has 0 saturated heterocycles. The predicted molar refractivity (Wildman–Crippen MR) is 84.7 cm³/mol. The number of aliphatic hydroxyl groups is 2. The third-order valence-corrected chi connectivity index (χ3v) is 3.75. The van der Waals surface area contributed by atoms with Crippen molar-refractivity contribution < 1.29 is 46.4 Å². The van der Waals surface area contributed by atoms with E-state index in [9.17, 15) is 9.59 Å². The normalized spacial score (nSPS) is 17.2. The minimum absolute atomic E-state index is 0. The third kappa shape index (κ3) is 7.60. The van der Waals surface area contributed by atoms with Crippen LogP contribution >= 0.6 is 11.3 Å². The van der Waals surface area contributed by atoms with E-state index < -0.39 is 24.1 Å². The van der Waals surface area contributed by atoms with Crippen molar-refractivity contribution in [2.24, 2.45) is 5.73 Å². The Morgan fingerprint density at radius 3 is 2.00 bits per heavy atom. The maximum absolute atomic E-state index is 9.77. The van der Waals surface area contributed by atoms with Gasteiger partial charge in [-0.25, -0.2) is 14.6 Å². The first-order chi connectivity index (χ1) is 9.72. The summed E-state index contributed by atoms with van der Waals surface area (Å²) in [6, 6.07) is 0.322. The predicted octanol–water partition coefficient (Wildman–Crippen LogP) is -4.06. The standard InChI is InChI=1S/C7H11N3S.C4H6O6.3H2O/c8-4-1-2-5-6(3-4)11-7(9)10-5;5-1(3(7)8)2(6)4(9)10;;;/h4H,1-3,8H2,(H2,9,10);1-2,5-6H,(H,7,8)(H,9,10);3*1H2. The smallest absolute Gasteiger partial charge is 0.335 e. The van der Waals surface area contributed by atoms with E-state index in [1.54, 1.807) is 11.3 Å². The summed E-state index contributed by atoms with van der Waals surface area (Å²) in [7, 11) is 0. The molecule has 13 heteroatoms. The van der Waals surface area contributed by atoms with Crippen LogP contribution in [0.3, 0.4) is 0 Å². The number of nitrogens with zero attached hydrogens (tertiary/aromatic N) is 1. The molecule has 0 saturated carbocycles. The number of carbonyl (C=O) groups is 2. The van der Waals surface area contributed by atoms with Crippen molar-refractivity contribution >= 4 is 28.4 Å². The molecule has 142 valence electrons. The molecule has 24 heavy (non-hydrogen) atoms. The molecule has 0 spiro atoms. The molecule has 1 aromatic rings. The minimum atomic E-state index is -2.27. The van der Waals surface area contributed by atoms with Crippen molar-refractivity contribution in [3.8, 4) is 0 Å². The van der Waals surface area contributed by atoms with Gasteiger partial charge < -0.3 is 48.3 Å². The van der Waals surface area contributed by atoms with Gasteiger partial charge in [-0.1, -0.05) is 0 Å². The van der Waals surface area contributed by atoms with Crippen LogP contribution in [0.5, 0.6) is 0 Å². The quantitative estimate of drug-likeness (QED) is 0.300. The molecule has 0 fully saturated rings. The summed E-state index contributed by atoms with van der Waals surface area (Å²) in [6.45, 7) is 0. The van der Waals surface area contributed by atoms with E-state index in [1.165, 1.54) is 10.6 Å². The number of carboxylic acid groups (broad SMARTS) is 2. The second-order valence-corrected chi connectivity index (χ2v) is 5.61. The van der Waals surface area contributed by atoms with Crippen molar-refractivity contribution in [2.45, 2.75) is 37.5 Å². The Balaban J connectivity index is -0.000000329. The van der Waals surface area contributed by atoms with Crippen LogP contribution in [0.1, 0.15) is 17.0 Å². The number of hydrogen-bond donors (Lipinski definition) is 6. The third-order valence-electron chi connectivity index (χ3n) is 2.80. The maximum atomic E-state index is 9.77. The summed E-state index contributed by atoms with van der Waals surface area (Å²) in [5, 5.41) is 33.2. The number of aryl methyl sites for hydroxylation is 1. The summed E-state index contributed by atoms with van der Waals surface area (Å²) in [4.78, 5) is 25.1. The Labute approximate surface area is 140 Å². The average Bonchev–Trinajstić information content (AvgIpc) is 2.76. The van der Waals surface area contributed by atoms with Crippen LogP contribution in [0.4, 0.5) is 5.13 Å². The molecule has 1 aliphatic carbocycles. The van der Waals surface area contributed by atoms with Gasteiger partial charge in [0, 0.05) is 10.9 Å². The van der Waals surface area contributed by atoms with Gasteiger partial charge in [0.15, 0.2) is 17.3 Å². The van der Waals surface area contributed by atoms with Crippen LogP contribution in [0.2, 0.25) is 0 Å². The van der Waals surface area contributed by atoms with E-state index in [1.807, 2.05) is 0 Å². The molecule has 0 amide bonds. The van der Waals surface area contributed by atoms with E-state index >= 15 is 0 Å². The number of carboxylic acids is 2. The highest BCUT2D eigenvalue weighted by atomic mass is 32.1. The zero-order valence-corrected chi connectivity index (χ0v) is 13.3. The Morgan fingerprint density at radius 1 is 1.12 bits per heavy atom. The van der Waals surface area contributed by atoms with Gasteiger partial charge in [-0.2, -0.15) is 0 Å². The van der Waals surface area contributed by atoms with Crippen LogP contribution in [-0.2, 0) is 22.4 Å². The first kappa shape index (κ1) is 27.0. The van der Waals surface area contributed by atoms with Gasteiger partial charge in [0.05, 0.1) is 5.69 Å². The number of thiazole rings is 1. The molecule has 12 nitrogen and oxygen atoms in total. The van der Waals surface area contributed by atoms with Gasteiger partial charge in [-0.15, -0.1) is 11.3 Å². The summed E-state index contributed by atoms with van der Waals surface area (Å²) < 4.78 is 0. The lowest BCUT2D eigenvalue weighted by atomic mass is 9.99. The van der Waals surface area contributed by atoms with Crippen LogP contribution in [0.15, 0.2) is 0 Å². The van der Waals surface area contributed by atoms with Gasteiger partial charge in [0.25, 0.3) is 0 Å². The molecule has 0 aromatic carbocycles. The zero-order valence-electron chi connectivity index (χ0n) is 12.5. The lowest BCUT2D eigenvalue weighted by Crippen LogP contribution is -2.39. The van der Waals surface area contributed by atoms with Crippen molar-refractivity contribution in [1.29, 1.82) is 0 Å². The van der Waals surface area contributed by atoms with Gasteiger partial charge in [-0.3, -0.25) is 0 Å². The Morgan fingerprint density at radius 2 is 1.58 bits per heavy atom. The van der Waals surface area contributed by atoms with E-state index in [0.29, 0.717) is 11.2 Å². The maximum Gasteiger partial charge on any atom is 0.335 e. The summed E-state index contributed by atoms with van der Waals surface area (Å²) in [6.07, 6.45) is -1.51. The number of aliphatic carboxylic acids is 2. The highest BCUT2D eigenvalue weighted by Gasteiger charge is 2.29. The van der Waals surface area contributed by atoms with Gasteiger partial charge in [0.2, 0.25) is 0 Å². The first-order valence-electron chi connectivity index (χ1n) is 6.03. The van der Waals surface area contributed by atoms with Gasteiger partial charge >= 0.3 is 11.9 Å². The van der Waals surface area contributed by atoms with Gasteiger partial charge in [-0.05, 0) is 19.3 Å². The lowest BCUT2D eigenvalue weighted by Gasteiger charge is -2.15. The fraction of sp³-hybridized carbons (Fsp3) is 0.545. The number of fused-ring (bicyclic) bond motifs is 1. The van der Waals surface area contributed by atoms with E-state index in [-0.39, 0.29) is 16.4 Å². The molecule has 0 aliphatic heterocycles. The van der Waals surface area contributed by atoms with E-state index in [0.717, 1.165) is 19.3 Å². The largest absolute Gasteiger partial charge is 0.479 e. The molecule has 14 N–H and O–H groups in total. The highest BCUT2D eigenvalue weighted by Crippen LogP contribution is 2.27. The molecule has 1 aliphatic rings. The number of aliphatic hydroxyl groups excluding tert-OH is 2. The van der Waals surface area contributed by atoms with Gasteiger partial charge in [0.1, 0.15) is 0 Å². The monoisotopic (exact) mass is 373 g/mol. The summed E-state index contributed by atoms with van der Waals surface area (Å²) in [5.74, 6) is -3.54. The van der Waals surface area contributed by atoms with E-state index in [4.69, 9.17) is 31.9 Å². The molecular weight excluding hydrogens is 350 g/mol. The number of aromatic nitrogens is 1. The highest BCUT2D eigenvalue weighted by molar-refractivity contribution is 7.15. The molecule has 3 unspecified atom stereocenters. The zero-order chi connectivity index (χ0) is 16.2. The van der Waals surface area contributed by atoms with Crippen LogP contribution in [0, 0.1) is 0 Å². The topological polar surface area (TPSA) is 274 Å². The van der Waals surface area contributed by atoms with Crippen LogP contribution < -0.4 is 11.5 Å². The van der Waals surface area contributed by atoms with E-state index in [2.05, 4.69) is 4.98 Å². The fourth-order valence-corrected chi connectivity index (χ4v) is 2.66. The Bertz CT molecular complexity index is 507. The number of nitrogens with two attached hydrogens (primary N) is 2. The first-order valence-corrected chi connectivity index (χ1v) is 6.85. The second kappa shape index (κ2) is 11.6. The molecule has 1 heterocycles. The SMILES string of the molecule is Nc1nc2c(s1)CC(N)CC2.O.O.O.O=C(O)C(O)C(O)C(=O)O. The van der Waals surface area contributed by atoms with Crippen LogP contribution in [0.25, 0.3) is 0 Å². The Hall–Kier alpha value is -1.87. The van der Waals surface area contributed by atoms with Crippen molar-refractivity contribution in [2.75, 3.05) is 5.73 Å². The molecular formula is C11H23N3O9S. The number of anilines is 1. The molecule has 0 bridgehead atoms.